The summed E-state index contributed by atoms with van der Waals surface area (Å²) < 4.78 is 9.96. The molecule has 0 aromatic carbocycles. The normalized spacial score (nSPS) is 25.6. The van der Waals surface area contributed by atoms with E-state index in [0.29, 0.717) is 31.7 Å². The van der Waals surface area contributed by atoms with Crippen molar-refractivity contribution in [1.82, 2.24) is 5.32 Å². The van der Waals surface area contributed by atoms with Gasteiger partial charge in [-0.2, -0.15) is 0 Å². The van der Waals surface area contributed by atoms with Crippen molar-refractivity contribution in [2.75, 3.05) is 20.3 Å². The van der Waals surface area contributed by atoms with Gasteiger partial charge in [0, 0.05) is 19.7 Å². The van der Waals surface area contributed by atoms with Crippen LogP contribution in [0.4, 0.5) is 0 Å². The average Bonchev–Trinajstić information content (AvgIpc) is 2.09. The van der Waals surface area contributed by atoms with Gasteiger partial charge < -0.3 is 14.8 Å². The summed E-state index contributed by atoms with van der Waals surface area (Å²) in [4.78, 5) is 11.0. The maximum absolute atomic E-state index is 11.0. The summed E-state index contributed by atoms with van der Waals surface area (Å²) in [7, 11) is 1.74. The van der Waals surface area contributed by atoms with Crippen molar-refractivity contribution < 1.29 is 14.3 Å². The number of carbonyl (C=O) groups excluding carboxylic acids is 1. The van der Waals surface area contributed by atoms with Gasteiger partial charge in [0.05, 0.1) is 19.1 Å². The smallest absolute Gasteiger partial charge is 0.307 e. The van der Waals surface area contributed by atoms with Crippen molar-refractivity contribution in [3.05, 3.63) is 0 Å². The van der Waals surface area contributed by atoms with Crippen LogP contribution in [0.3, 0.4) is 0 Å². The number of carbonyl (C=O) groups is 1. The van der Waals surface area contributed by atoms with E-state index in [1.807, 2.05) is 6.92 Å². The fraction of sp³-hybridized carbons (Fsp3) is 0.900. The van der Waals surface area contributed by atoms with Gasteiger partial charge in [0.2, 0.25) is 0 Å². The fourth-order valence-electron chi connectivity index (χ4n) is 1.54. The van der Waals surface area contributed by atoms with Crippen LogP contribution >= 0.6 is 0 Å². The summed E-state index contributed by atoms with van der Waals surface area (Å²) in [5.41, 5.74) is 0. The van der Waals surface area contributed by atoms with Crippen LogP contribution in [0.25, 0.3) is 0 Å². The molecule has 4 nitrogen and oxygen atoms in total. The highest BCUT2D eigenvalue weighted by Gasteiger charge is 2.28. The zero-order valence-electron chi connectivity index (χ0n) is 8.91. The lowest BCUT2D eigenvalue weighted by Crippen LogP contribution is -2.45. The van der Waals surface area contributed by atoms with E-state index in [9.17, 15) is 4.79 Å². The number of methoxy groups -OCH3 is 1. The summed E-state index contributed by atoms with van der Waals surface area (Å²) in [5, 5.41) is 3.29. The van der Waals surface area contributed by atoms with Gasteiger partial charge in [0.15, 0.2) is 0 Å². The third-order valence-corrected chi connectivity index (χ3v) is 2.50. The molecule has 1 aliphatic rings. The molecule has 1 fully saturated rings. The van der Waals surface area contributed by atoms with E-state index in [1.165, 1.54) is 0 Å². The Morgan fingerprint density at radius 2 is 2.21 bits per heavy atom. The minimum Gasteiger partial charge on any atom is -0.466 e. The molecular weight excluding hydrogens is 182 g/mol. The zero-order chi connectivity index (χ0) is 10.4. The minimum absolute atomic E-state index is 0.123. The van der Waals surface area contributed by atoms with Crippen LogP contribution in [-0.4, -0.2) is 38.4 Å². The van der Waals surface area contributed by atoms with Crippen LogP contribution in [0.15, 0.2) is 0 Å². The third-order valence-electron chi connectivity index (χ3n) is 2.50. The van der Waals surface area contributed by atoms with Crippen molar-refractivity contribution in [1.29, 1.82) is 0 Å². The van der Waals surface area contributed by atoms with E-state index in [2.05, 4.69) is 5.32 Å². The topological polar surface area (TPSA) is 47.6 Å². The number of ether oxygens (including phenoxy) is 2. The van der Waals surface area contributed by atoms with E-state index < -0.39 is 0 Å². The Hall–Kier alpha value is -0.610. The van der Waals surface area contributed by atoms with E-state index >= 15 is 0 Å². The molecule has 4 heteroatoms. The van der Waals surface area contributed by atoms with Gasteiger partial charge in [0.1, 0.15) is 0 Å². The lowest BCUT2D eigenvalue weighted by Gasteiger charge is -2.34. The largest absolute Gasteiger partial charge is 0.466 e. The Morgan fingerprint density at radius 3 is 2.79 bits per heavy atom. The molecule has 0 unspecified atom stereocenters. The number of nitrogens with one attached hydrogen (secondary N) is 1. The molecule has 0 bridgehead atoms. The molecule has 82 valence electrons. The number of hydrogen-bond donors (Lipinski definition) is 1. The van der Waals surface area contributed by atoms with Crippen molar-refractivity contribution in [3.63, 3.8) is 0 Å². The first-order chi connectivity index (χ1) is 6.76. The molecule has 1 N–H and O–H groups in total. The van der Waals surface area contributed by atoms with Crippen LogP contribution in [0.2, 0.25) is 0 Å². The van der Waals surface area contributed by atoms with E-state index in [4.69, 9.17) is 9.47 Å². The first kappa shape index (κ1) is 11.5. The van der Waals surface area contributed by atoms with Crippen molar-refractivity contribution in [2.45, 2.75) is 38.3 Å². The molecule has 0 amide bonds. The van der Waals surface area contributed by atoms with E-state index in [1.54, 1.807) is 7.11 Å². The van der Waals surface area contributed by atoms with E-state index in [-0.39, 0.29) is 5.97 Å². The lowest BCUT2D eigenvalue weighted by atomic mass is 9.89. The molecule has 0 aromatic rings. The van der Waals surface area contributed by atoms with Gasteiger partial charge in [-0.15, -0.1) is 0 Å². The molecule has 14 heavy (non-hydrogen) atoms. The van der Waals surface area contributed by atoms with Gasteiger partial charge in [-0.05, 0) is 19.8 Å². The van der Waals surface area contributed by atoms with E-state index in [0.717, 1.165) is 12.8 Å². The lowest BCUT2D eigenvalue weighted by molar-refractivity contribution is -0.143. The van der Waals surface area contributed by atoms with Crippen LogP contribution in [-0.2, 0) is 14.3 Å². The first-order valence-electron chi connectivity index (χ1n) is 5.18. The molecule has 1 aliphatic carbocycles. The van der Waals surface area contributed by atoms with Crippen LogP contribution in [0.5, 0.6) is 0 Å². The Kier molecular flexibility index (Phi) is 4.90. The second-order valence-electron chi connectivity index (χ2n) is 3.54. The Balaban J connectivity index is 1.92. The number of hydrogen-bond acceptors (Lipinski definition) is 4. The third kappa shape index (κ3) is 3.64. The first-order valence-corrected chi connectivity index (χ1v) is 5.18. The second-order valence-corrected chi connectivity index (χ2v) is 3.54. The number of esters is 1. The molecule has 0 aromatic heterocycles. The predicted octanol–water partition coefficient (Wildman–Crippen LogP) is 0.707. The zero-order valence-corrected chi connectivity index (χ0v) is 8.91. The predicted molar refractivity (Wildman–Crippen MR) is 53.1 cm³/mol. The average molecular weight is 201 g/mol. The quantitative estimate of drug-likeness (QED) is 0.643. The minimum atomic E-state index is -0.123. The fourth-order valence-corrected chi connectivity index (χ4v) is 1.54. The SMILES string of the molecule is CCOC(=O)CCNC1CC(OC)C1. The molecular formula is C10H19NO3. The Labute approximate surface area is 85.0 Å². The van der Waals surface area contributed by atoms with Crippen molar-refractivity contribution >= 4 is 5.97 Å². The maximum Gasteiger partial charge on any atom is 0.307 e. The summed E-state index contributed by atoms with van der Waals surface area (Å²) in [6, 6.07) is 0.523. The molecule has 0 heterocycles. The van der Waals surface area contributed by atoms with Crippen LogP contribution < -0.4 is 5.32 Å². The highest BCUT2D eigenvalue weighted by Crippen LogP contribution is 2.22. The Bertz CT molecular complexity index is 178. The van der Waals surface area contributed by atoms with Gasteiger partial charge >= 0.3 is 5.97 Å². The standard InChI is InChI=1S/C10H19NO3/c1-3-14-10(12)4-5-11-8-6-9(7-8)13-2/h8-9,11H,3-7H2,1-2H3. The molecule has 0 spiro atoms. The van der Waals surface area contributed by atoms with Gasteiger partial charge in [-0.3, -0.25) is 4.79 Å². The molecule has 0 aliphatic heterocycles. The summed E-state index contributed by atoms with van der Waals surface area (Å²) >= 11 is 0. The van der Waals surface area contributed by atoms with Gasteiger partial charge in [-0.25, -0.2) is 0 Å². The Morgan fingerprint density at radius 1 is 1.50 bits per heavy atom. The highest BCUT2D eigenvalue weighted by molar-refractivity contribution is 5.69. The monoisotopic (exact) mass is 201 g/mol. The summed E-state index contributed by atoms with van der Waals surface area (Å²) in [6.45, 7) is 2.99. The number of rotatable bonds is 6. The summed E-state index contributed by atoms with van der Waals surface area (Å²) in [6.07, 6.45) is 2.98. The van der Waals surface area contributed by atoms with Crippen LogP contribution in [0, 0.1) is 0 Å². The summed E-state index contributed by atoms with van der Waals surface area (Å²) in [5.74, 6) is -0.123. The second kappa shape index (κ2) is 5.98. The van der Waals surface area contributed by atoms with Gasteiger partial charge in [0.25, 0.3) is 0 Å². The molecule has 1 rings (SSSR count). The maximum atomic E-state index is 11.0. The van der Waals surface area contributed by atoms with Gasteiger partial charge in [-0.1, -0.05) is 0 Å². The van der Waals surface area contributed by atoms with Crippen LogP contribution in [0.1, 0.15) is 26.2 Å². The molecule has 0 saturated heterocycles. The molecule has 0 atom stereocenters. The van der Waals surface area contributed by atoms with Crippen molar-refractivity contribution in [3.8, 4) is 0 Å². The highest BCUT2D eigenvalue weighted by atomic mass is 16.5. The molecule has 1 saturated carbocycles. The van der Waals surface area contributed by atoms with Crippen molar-refractivity contribution in [2.24, 2.45) is 0 Å². The molecule has 0 radical (unpaired) electrons.